The molecule has 2 rings (SSSR count). The SMILES string of the molecule is CC(N)(C(=O)N1CCCCC1CNS(C)(=O)=O)C1CC1. The lowest BCUT2D eigenvalue weighted by atomic mass is 9.92. The molecule has 2 fully saturated rings. The van der Waals surface area contributed by atoms with Gasteiger partial charge in [-0.3, -0.25) is 4.79 Å². The first-order valence-corrected chi connectivity index (χ1v) is 9.15. The summed E-state index contributed by atoms with van der Waals surface area (Å²) in [5, 5.41) is 0. The van der Waals surface area contributed by atoms with Crippen LogP contribution in [0.1, 0.15) is 39.0 Å². The Balaban J connectivity index is 2.04. The molecule has 0 bridgehead atoms. The summed E-state index contributed by atoms with van der Waals surface area (Å²) in [7, 11) is -3.23. The molecule has 1 heterocycles. The summed E-state index contributed by atoms with van der Waals surface area (Å²) in [4.78, 5) is 14.5. The van der Waals surface area contributed by atoms with Gasteiger partial charge in [0.1, 0.15) is 0 Å². The quantitative estimate of drug-likeness (QED) is 0.750. The molecule has 0 spiro atoms. The Labute approximate surface area is 121 Å². The van der Waals surface area contributed by atoms with E-state index in [4.69, 9.17) is 5.73 Å². The van der Waals surface area contributed by atoms with E-state index in [2.05, 4.69) is 4.72 Å². The van der Waals surface area contributed by atoms with Gasteiger partial charge in [0.05, 0.1) is 11.8 Å². The topological polar surface area (TPSA) is 92.5 Å². The minimum absolute atomic E-state index is 0.0278. The van der Waals surface area contributed by atoms with Crippen molar-refractivity contribution in [3.05, 3.63) is 0 Å². The number of hydrogen-bond donors (Lipinski definition) is 2. The summed E-state index contributed by atoms with van der Waals surface area (Å²) in [5.74, 6) is 0.250. The van der Waals surface area contributed by atoms with Gasteiger partial charge in [0, 0.05) is 19.1 Å². The molecule has 1 saturated carbocycles. The number of piperidine rings is 1. The van der Waals surface area contributed by atoms with Crippen LogP contribution in [0.3, 0.4) is 0 Å². The molecule has 0 radical (unpaired) electrons. The van der Waals surface area contributed by atoms with Crippen LogP contribution in [0.25, 0.3) is 0 Å². The molecule has 3 N–H and O–H groups in total. The highest BCUT2D eigenvalue weighted by Crippen LogP contribution is 2.39. The average Bonchev–Trinajstić information content (AvgIpc) is 3.19. The Bertz CT molecular complexity index is 471. The number of likely N-dealkylation sites (tertiary alicyclic amines) is 1. The number of hydrogen-bond acceptors (Lipinski definition) is 4. The van der Waals surface area contributed by atoms with E-state index in [-0.39, 0.29) is 24.4 Å². The summed E-state index contributed by atoms with van der Waals surface area (Å²) >= 11 is 0. The summed E-state index contributed by atoms with van der Waals surface area (Å²) in [6.45, 7) is 2.77. The first kappa shape index (κ1) is 15.7. The number of nitrogens with zero attached hydrogens (tertiary/aromatic N) is 1. The van der Waals surface area contributed by atoms with Gasteiger partial charge in [0.15, 0.2) is 0 Å². The van der Waals surface area contributed by atoms with Crippen LogP contribution in [-0.2, 0) is 14.8 Å². The van der Waals surface area contributed by atoms with E-state index in [1.807, 2.05) is 6.92 Å². The second kappa shape index (κ2) is 5.61. The fraction of sp³-hybridized carbons (Fsp3) is 0.923. The summed E-state index contributed by atoms with van der Waals surface area (Å²) in [6, 6.07) is -0.0763. The van der Waals surface area contributed by atoms with Crippen LogP contribution < -0.4 is 10.5 Å². The summed E-state index contributed by atoms with van der Waals surface area (Å²) < 4.78 is 25.0. The third-order valence-electron chi connectivity index (χ3n) is 4.36. The molecule has 0 aromatic heterocycles. The Hall–Kier alpha value is -0.660. The first-order valence-electron chi connectivity index (χ1n) is 7.26. The zero-order valence-corrected chi connectivity index (χ0v) is 13.1. The van der Waals surface area contributed by atoms with Crippen molar-refractivity contribution in [3.63, 3.8) is 0 Å². The van der Waals surface area contributed by atoms with Gasteiger partial charge in [-0.15, -0.1) is 0 Å². The molecule has 0 aromatic rings. The normalized spacial score (nSPS) is 27.1. The Morgan fingerprint density at radius 3 is 2.55 bits per heavy atom. The third kappa shape index (κ3) is 3.71. The molecule has 1 aliphatic carbocycles. The number of sulfonamides is 1. The molecule has 1 aliphatic heterocycles. The molecule has 1 saturated heterocycles. The first-order chi connectivity index (χ1) is 9.22. The van der Waals surface area contributed by atoms with Crippen molar-refractivity contribution in [3.8, 4) is 0 Å². The molecule has 0 aromatic carbocycles. The lowest BCUT2D eigenvalue weighted by Crippen LogP contribution is -2.60. The van der Waals surface area contributed by atoms with Crippen LogP contribution in [0.5, 0.6) is 0 Å². The molecular formula is C13H25N3O3S. The van der Waals surface area contributed by atoms with Crippen molar-refractivity contribution in [2.24, 2.45) is 11.7 Å². The Kier molecular flexibility index (Phi) is 4.41. The van der Waals surface area contributed by atoms with Gasteiger partial charge in [-0.25, -0.2) is 13.1 Å². The van der Waals surface area contributed by atoms with E-state index in [0.717, 1.165) is 38.4 Å². The zero-order valence-electron chi connectivity index (χ0n) is 12.3. The van der Waals surface area contributed by atoms with Crippen molar-refractivity contribution in [1.82, 2.24) is 9.62 Å². The van der Waals surface area contributed by atoms with Crippen molar-refractivity contribution in [1.29, 1.82) is 0 Å². The molecule has 2 unspecified atom stereocenters. The van der Waals surface area contributed by atoms with Gasteiger partial charge in [0.25, 0.3) is 0 Å². The van der Waals surface area contributed by atoms with E-state index < -0.39 is 15.6 Å². The molecule has 2 aliphatic rings. The molecule has 20 heavy (non-hydrogen) atoms. The highest BCUT2D eigenvalue weighted by molar-refractivity contribution is 7.88. The Morgan fingerprint density at radius 1 is 1.35 bits per heavy atom. The molecule has 6 nitrogen and oxygen atoms in total. The fourth-order valence-electron chi connectivity index (χ4n) is 2.89. The number of nitrogens with one attached hydrogen (secondary N) is 1. The van der Waals surface area contributed by atoms with Gasteiger partial charge in [-0.2, -0.15) is 0 Å². The number of carbonyl (C=O) groups excluding carboxylic acids is 1. The van der Waals surface area contributed by atoms with Crippen molar-refractivity contribution in [2.45, 2.75) is 50.6 Å². The predicted molar refractivity (Wildman–Crippen MR) is 77.5 cm³/mol. The number of rotatable bonds is 5. The molecular weight excluding hydrogens is 278 g/mol. The van der Waals surface area contributed by atoms with E-state index in [0.29, 0.717) is 6.54 Å². The second-order valence-electron chi connectivity index (χ2n) is 6.33. The lowest BCUT2D eigenvalue weighted by Gasteiger charge is -2.40. The molecule has 116 valence electrons. The van der Waals surface area contributed by atoms with Crippen LogP contribution in [0.4, 0.5) is 0 Å². The molecule has 1 amide bonds. The van der Waals surface area contributed by atoms with E-state index in [1.54, 1.807) is 4.90 Å². The maximum Gasteiger partial charge on any atom is 0.242 e. The summed E-state index contributed by atoms with van der Waals surface area (Å²) in [5.41, 5.74) is 5.41. The zero-order chi connectivity index (χ0) is 15.0. The second-order valence-corrected chi connectivity index (χ2v) is 8.16. The maximum absolute atomic E-state index is 12.7. The van der Waals surface area contributed by atoms with Gasteiger partial charge >= 0.3 is 0 Å². The predicted octanol–water partition coefficient (Wildman–Crippen LogP) is 0.0441. The monoisotopic (exact) mass is 303 g/mol. The van der Waals surface area contributed by atoms with Crippen LogP contribution in [-0.4, -0.2) is 50.2 Å². The van der Waals surface area contributed by atoms with Crippen LogP contribution in [0, 0.1) is 5.92 Å². The van der Waals surface area contributed by atoms with E-state index >= 15 is 0 Å². The fourth-order valence-corrected chi connectivity index (χ4v) is 3.39. The average molecular weight is 303 g/mol. The third-order valence-corrected chi connectivity index (χ3v) is 5.05. The van der Waals surface area contributed by atoms with Gasteiger partial charge in [-0.05, 0) is 44.9 Å². The van der Waals surface area contributed by atoms with Crippen molar-refractivity contribution >= 4 is 15.9 Å². The minimum Gasteiger partial charge on any atom is -0.337 e. The lowest BCUT2D eigenvalue weighted by molar-refractivity contribution is -0.140. The molecule has 7 heteroatoms. The maximum atomic E-state index is 12.7. The van der Waals surface area contributed by atoms with E-state index in [9.17, 15) is 13.2 Å². The van der Waals surface area contributed by atoms with Gasteiger partial charge < -0.3 is 10.6 Å². The highest BCUT2D eigenvalue weighted by atomic mass is 32.2. The largest absolute Gasteiger partial charge is 0.337 e. The molecule has 2 atom stereocenters. The number of carbonyl (C=O) groups is 1. The summed E-state index contributed by atoms with van der Waals surface area (Å²) in [6.07, 6.45) is 5.97. The minimum atomic E-state index is -3.23. The van der Waals surface area contributed by atoms with E-state index in [1.165, 1.54) is 0 Å². The Morgan fingerprint density at radius 2 is 2.00 bits per heavy atom. The number of amides is 1. The number of nitrogens with two attached hydrogens (primary N) is 1. The van der Waals surface area contributed by atoms with Crippen molar-refractivity contribution in [2.75, 3.05) is 19.3 Å². The van der Waals surface area contributed by atoms with Crippen LogP contribution >= 0.6 is 0 Å². The van der Waals surface area contributed by atoms with Gasteiger partial charge in [0.2, 0.25) is 15.9 Å². The van der Waals surface area contributed by atoms with Gasteiger partial charge in [-0.1, -0.05) is 0 Å². The van der Waals surface area contributed by atoms with Crippen LogP contribution in [0.15, 0.2) is 0 Å². The standard InChI is InChI=1S/C13H25N3O3S/c1-13(14,10-6-7-10)12(17)16-8-4-3-5-11(16)9-15-20(2,18)19/h10-11,15H,3-9,14H2,1-2H3. The van der Waals surface area contributed by atoms with Crippen molar-refractivity contribution < 1.29 is 13.2 Å². The van der Waals surface area contributed by atoms with Crippen LogP contribution in [0.2, 0.25) is 0 Å². The smallest absolute Gasteiger partial charge is 0.242 e. The highest BCUT2D eigenvalue weighted by Gasteiger charge is 2.47.